The Morgan fingerprint density at radius 2 is 2.28 bits per heavy atom. The van der Waals surface area contributed by atoms with Gasteiger partial charge in [0.15, 0.2) is 5.82 Å². The highest BCUT2D eigenvalue weighted by Crippen LogP contribution is 2.29. The first-order valence-corrected chi connectivity index (χ1v) is 6.70. The van der Waals surface area contributed by atoms with E-state index < -0.39 is 0 Å². The van der Waals surface area contributed by atoms with E-state index in [0.29, 0.717) is 10.2 Å². The minimum Gasteiger partial charge on any atom is -0.318 e. The van der Waals surface area contributed by atoms with E-state index in [-0.39, 0.29) is 5.82 Å². The molecule has 0 amide bonds. The molecule has 0 aliphatic carbocycles. The van der Waals surface area contributed by atoms with Gasteiger partial charge in [-0.1, -0.05) is 6.08 Å². The average Bonchev–Trinajstić information content (AvgIpc) is 2.69. The number of aromatic nitrogens is 2. The monoisotopic (exact) mass is 358 g/mol. The van der Waals surface area contributed by atoms with Crippen molar-refractivity contribution in [2.24, 2.45) is 7.05 Å². The van der Waals surface area contributed by atoms with Crippen LogP contribution in [0, 0.1) is 9.39 Å². The zero-order valence-electron chi connectivity index (χ0n) is 9.82. The number of nitrogens with zero attached hydrogens (tertiary/aromatic N) is 3. The standard InChI is InChI=1S/C12H12FIN4/c1-17-11-6-10(14)9(13)5-8(11)12(16-17)18-4-2-3-15-7-18/h2,4-6,15H,3,7H2,1H3. The Hall–Kier alpha value is -1.15. The van der Waals surface area contributed by atoms with Crippen molar-refractivity contribution in [1.29, 1.82) is 0 Å². The number of hydrogen-bond donors (Lipinski definition) is 1. The van der Waals surface area contributed by atoms with Crippen LogP contribution in [0.25, 0.3) is 10.9 Å². The van der Waals surface area contributed by atoms with Crippen LogP contribution in [0.2, 0.25) is 0 Å². The van der Waals surface area contributed by atoms with Crippen molar-refractivity contribution in [3.63, 3.8) is 0 Å². The average molecular weight is 358 g/mol. The number of aryl methyl sites for hydroxylation is 1. The number of hydrogen-bond acceptors (Lipinski definition) is 3. The molecule has 2 heterocycles. The van der Waals surface area contributed by atoms with Crippen LogP contribution in [0.4, 0.5) is 10.2 Å². The number of fused-ring (bicyclic) bond motifs is 1. The second kappa shape index (κ2) is 4.51. The maximum Gasteiger partial charge on any atom is 0.163 e. The summed E-state index contributed by atoms with van der Waals surface area (Å²) < 4.78 is 16.1. The highest BCUT2D eigenvalue weighted by Gasteiger charge is 2.16. The van der Waals surface area contributed by atoms with Crippen molar-refractivity contribution < 1.29 is 4.39 Å². The van der Waals surface area contributed by atoms with Gasteiger partial charge in [0.1, 0.15) is 5.82 Å². The molecule has 0 radical (unpaired) electrons. The molecule has 0 fully saturated rings. The molecule has 0 spiro atoms. The molecule has 0 saturated heterocycles. The van der Waals surface area contributed by atoms with Crippen LogP contribution in [0.3, 0.4) is 0 Å². The van der Waals surface area contributed by atoms with E-state index in [1.54, 1.807) is 10.7 Å². The molecule has 94 valence electrons. The van der Waals surface area contributed by atoms with Gasteiger partial charge in [0.05, 0.1) is 15.8 Å². The smallest absolute Gasteiger partial charge is 0.163 e. The Kier molecular flexibility index (Phi) is 2.98. The normalized spacial score (nSPS) is 15.6. The van der Waals surface area contributed by atoms with Gasteiger partial charge in [0.25, 0.3) is 0 Å². The lowest BCUT2D eigenvalue weighted by atomic mass is 10.2. The fourth-order valence-electron chi connectivity index (χ4n) is 2.09. The van der Waals surface area contributed by atoms with Crippen molar-refractivity contribution in [3.05, 3.63) is 33.8 Å². The molecule has 1 aromatic heterocycles. The van der Waals surface area contributed by atoms with E-state index in [9.17, 15) is 4.39 Å². The third kappa shape index (κ3) is 1.89. The summed E-state index contributed by atoms with van der Waals surface area (Å²) in [5.74, 6) is 0.581. The van der Waals surface area contributed by atoms with Crippen LogP contribution in [-0.4, -0.2) is 23.0 Å². The van der Waals surface area contributed by atoms with Gasteiger partial charge in [0, 0.05) is 25.2 Å². The summed E-state index contributed by atoms with van der Waals surface area (Å²) in [6, 6.07) is 3.38. The third-order valence-corrected chi connectivity index (χ3v) is 3.80. The molecular weight excluding hydrogens is 346 g/mol. The van der Waals surface area contributed by atoms with Gasteiger partial charge in [-0.2, -0.15) is 5.10 Å². The molecule has 0 saturated carbocycles. The summed E-state index contributed by atoms with van der Waals surface area (Å²) in [4.78, 5) is 1.98. The Morgan fingerprint density at radius 3 is 3.00 bits per heavy atom. The molecule has 0 unspecified atom stereocenters. The van der Waals surface area contributed by atoms with E-state index in [0.717, 1.165) is 23.3 Å². The summed E-state index contributed by atoms with van der Waals surface area (Å²) in [7, 11) is 1.88. The van der Waals surface area contributed by atoms with Crippen molar-refractivity contribution in [2.45, 2.75) is 0 Å². The van der Waals surface area contributed by atoms with Gasteiger partial charge in [-0.15, -0.1) is 0 Å². The summed E-state index contributed by atoms with van der Waals surface area (Å²) in [6.45, 7) is 1.55. The first-order valence-electron chi connectivity index (χ1n) is 5.62. The summed E-state index contributed by atoms with van der Waals surface area (Å²) in [6.07, 6.45) is 4.00. The van der Waals surface area contributed by atoms with Crippen LogP contribution >= 0.6 is 22.6 Å². The minimum absolute atomic E-state index is 0.203. The summed E-state index contributed by atoms with van der Waals surface area (Å²) in [5.41, 5.74) is 0.940. The zero-order chi connectivity index (χ0) is 12.7. The zero-order valence-corrected chi connectivity index (χ0v) is 12.0. The minimum atomic E-state index is -0.203. The Labute approximate surface area is 118 Å². The molecule has 1 aliphatic rings. The van der Waals surface area contributed by atoms with Crippen molar-refractivity contribution in [1.82, 2.24) is 15.1 Å². The van der Waals surface area contributed by atoms with E-state index in [1.807, 2.05) is 52.9 Å². The molecular formula is C12H12FIN4. The van der Waals surface area contributed by atoms with E-state index in [4.69, 9.17) is 0 Å². The van der Waals surface area contributed by atoms with Gasteiger partial charge >= 0.3 is 0 Å². The number of halogens is 2. The first-order chi connectivity index (χ1) is 8.66. The molecule has 1 aromatic carbocycles. The van der Waals surface area contributed by atoms with Crippen LogP contribution in [0.15, 0.2) is 24.4 Å². The SMILES string of the molecule is Cn1nc(N2C=CCNC2)c2cc(F)c(I)cc21. The van der Waals surface area contributed by atoms with Gasteiger partial charge in [-0.25, -0.2) is 4.39 Å². The largest absolute Gasteiger partial charge is 0.318 e. The topological polar surface area (TPSA) is 33.1 Å². The summed E-state index contributed by atoms with van der Waals surface area (Å²) >= 11 is 2.00. The maximum atomic E-state index is 13.7. The Morgan fingerprint density at radius 1 is 1.44 bits per heavy atom. The van der Waals surface area contributed by atoms with E-state index in [1.165, 1.54) is 0 Å². The molecule has 1 N–H and O–H groups in total. The molecule has 4 nitrogen and oxygen atoms in total. The second-order valence-electron chi connectivity index (χ2n) is 4.20. The van der Waals surface area contributed by atoms with Crippen LogP contribution in [0.1, 0.15) is 0 Å². The summed E-state index contributed by atoms with van der Waals surface area (Å²) in [5, 5.41) is 8.54. The van der Waals surface area contributed by atoms with E-state index in [2.05, 4.69) is 10.4 Å². The van der Waals surface area contributed by atoms with Crippen LogP contribution in [-0.2, 0) is 7.05 Å². The molecule has 1 aliphatic heterocycles. The third-order valence-electron chi connectivity index (χ3n) is 2.97. The van der Waals surface area contributed by atoms with Crippen LogP contribution in [0.5, 0.6) is 0 Å². The fourth-order valence-corrected chi connectivity index (χ4v) is 2.54. The number of rotatable bonds is 1. The van der Waals surface area contributed by atoms with Gasteiger partial charge in [-0.05, 0) is 34.7 Å². The predicted octanol–water partition coefficient (Wildman–Crippen LogP) is 2.20. The quantitative estimate of drug-likeness (QED) is 0.794. The molecule has 18 heavy (non-hydrogen) atoms. The molecule has 2 aromatic rings. The molecule has 3 rings (SSSR count). The van der Waals surface area contributed by atoms with E-state index >= 15 is 0 Å². The second-order valence-corrected chi connectivity index (χ2v) is 5.36. The maximum absolute atomic E-state index is 13.7. The van der Waals surface area contributed by atoms with Gasteiger partial charge in [0.2, 0.25) is 0 Å². The number of anilines is 1. The first kappa shape index (κ1) is 11.9. The lowest BCUT2D eigenvalue weighted by Gasteiger charge is -2.22. The molecule has 0 atom stereocenters. The van der Waals surface area contributed by atoms with Gasteiger partial charge < -0.3 is 4.90 Å². The van der Waals surface area contributed by atoms with Crippen LogP contribution < -0.4 is 10.2 Å². The van der Waals surface area contributed by atoms with Crippen molar-refractivity contribution in [2.75, 3.05) is 18.1 Å². The van der Waals surface area contributed by atoms with Gasteiger partial charge in [-0.3, -0.25) is 10.00 Å². The molecule has 6 heteroatoms. The highest BCUT2D eigenvalue weighted by molar-refractivity contribution is 14.1. The van der Waals surface area contributed by atoms with Crippen molar-refractivity contribution in [3.8, 4) is 0 Å². The number of nitrogens with one attached hydrogen (secondary N) is 1. The molecule has 0 bridgehead atoms. The fraction of sp³-hybridized carbons (Fsp3) is 0.250. The highest BCUT2D eigenvalue weighted by atomic mass is 127. The lowest BCUT2D eigenvalue weighted by Crippen LogP contribution is -2.34. The Balaban J connectivity index is 2.20. The van der Waals surface area contributed by atoms with Crippen molar-refractivity contribution >= 4 is 39.3 Å². The number of benzene rings is 1. The Bertz CT molecular complexity index is 635. The lowest BCUT2D eigenvalue weighted by molar-refractivity contribution is 0.622. The predicted molar refractivity (Wildman–Crippen MR) is 77.9 cm³/mol.